The van der Waals surface area contributed by atoms with Gasteiger partial charge in [0.25, 0.3) is 0 Å². The van der Waals surface area contributed by atoms with Crippen molar-refractivity contribution in [2.75, 3.05) is 0 Å². The van der Waals surface area contributed by atoms with Gasteiger partial charge in [-0.05, 0) is 48.9 Å². The van der Waals surface area contributed by atoms with E-state index < -0.39 is 18.2 Å². The second-order valence-electron chi connectivity index (χ2n) is 7.70. The van der Waals surface area contributed by atoms with Gasteiger partial charge in [0.1, 0.15) is 6.10 Å². The number of fused-ring (bicyclic) bond motifs is 2. The molecule has 2 saturated carbocycles. The number of ether oxygens (including phenoxy) is 1. The fraction of sp³-hybridized carbons (Fsp3) is 0.875. The van der Waals surface area contributed by atoms with E-state index in [1.54, 1.807) is 0 Å². The van der Waals surface area contributed by atoms with Crippen LogP contribution in [-0.4, -0.2) is 35.2 Å². The number of carboxylic acids is 1. The third kappa shape index (κ3) is 2.08. The maximum Gasteiger partial charge on any atom is 0.332 e. The summed E-state index contributed by atoms with van der Waals surface area (Å²) < 4.78 is 5.35. The Bertz CT molecular complexity index is 475. The molecule has 3 unspecified atom stereocenters. The standard InChI is InChI=1S/C16H25NO4/c1-15(2)9-6-7-16(15,3)12(8-9)17-13(18)10-4-5-11(21-10)14(19)20/h9-12H,4-8H2,1-3H3,(H,17,18)(H,19,20)/t9?,10-,11+,12?,16?/m0/s1. The van der Waals surface area contributed by atoms with Gasteiger partial charge in [0.15, 0.2) is 6.10 Å². The molecule has 1 saturated heterocycles. The molecule has 0 spiro atoms. The summed E-state index contributed by atoms with van der Waals surface area (Å²) in [6, 6.07) is 0.186. The summed E-state index contributed by atoms with van der Waals surface area (Å²) in [6.45, 7) is 6.90. The van der Waals surface area contributed by atoms with Crippen molar-refractivity contribution in [1.82, 2.24) is 5.32 Å². The van der Waals surface area contributed by atoms with Crippen LogP contribution in [0.5, 0.6) is 0 Å². The molecule has 3 aliphatic rings. The Morgan fingerprint density at radius 1 is 1.14 bits per heavy atom. The summed E-state index contributed by atoms with van der Waals surface area (Å²) in [5, 5.41) is 12.1. The van der Waals surface area contributed by atoms with Crippen LogP contribution >= 0.6 is 0 Å². The average Bonchev–Trinajstić information content (AvgIpc) is 3.02. The SMILES string of the molecule is CC1(C)C2CCC1(C)C(NC(=O)[C@@H]1CC[C@H](C(=O)O)O1)C2. The second-order valence-corrected chi connectivity index (χ2v) is 7.70. The lowest BCUT2D eigenvalue weighted by Gasteiger charge is -2.39. The van der Waals surface area contributed by atoms with Crippen LogP contribution in [-0.2, 0) is 14.3 Å². The largest absolute Gasteiger partial charge is 0.479 e. The second kappa shape index (κ2) is 4.70. The molecule has 0 radical (unpaired) electrons. The van der Waals surface area contributed by atoms with Crippen LogP contribution in [0.1, 0.15) is 52.9 Å². The van der Waals surface area contributed by atoms with E-state index in [0.717, 1.165) is 12.8 Å². The lowest BCUT2D eigenvalue weighted by molar-refractivity contribution is -0.152. The quantitative estimate of drug-likeness (QED) is 0.834. The zero-order chi connectivity index (χ0) is 15.4. The summed E-state index contributed by atoms with van der Waals surface area (Å²) in [4.78, 5) is 23.3. The lowest BCUT2D eigenvalue weighted by Crippen LogP contribution is -2.49. The zero-order valence-corrected chi connectivity index (χ0v) is 13.0. The van der Waals surface area contributed by atoms with Crippen molar-refractivity contribution in [3.05, 3.63) is 0 Å². The van der Waals surface area contributed by atoms with E-state index in [1.807, 2.05) is 0 Å². The number of carbonyl (C=O) groups excluding carboxylic acids is 1. The molecular formula is C16H25NO4. The molecule has 21 heavy (non-hydrogen) atoms. The van der Waals surface area contributed by atoms with E-state index in [2.05, 4.69) is 26.1 Å². The maximum atomic E-state index is 12.4. The number of nitrogens with one attached hydrogen (secondary N) is 1. The monoisotopic (exact) mass is 295 g/mol. The summed E-state index contributed by atoms with van der Waals surface area (Å²) in [5.74, 6) is -0.435. The van der Waals surface area contributed by atoms with Gasteiger partial charge in [-0.3, -0.25) is 4.79 Å². The van der Waals surface area contributed by atoms with Crippen LogP contribution in [0.3, 0.4) is 0 Å². The highest BCUT2D eigenvalue weighted by Gasteiger charge is 2.61. The van der Waals surface area contributed by atoms with Crippen LogP contribution in [0.2, 0.25) is 0 Å². The Kier molecular flexibility index (Phi) is 3.32. The number of hydrogen-bond donors (Lipinski definition) is 2. The fourth-order valence-electron chi connectivity index (χ4n) is 4.70. The van der Waals surface area contributed by atoms with Gasteiger partial charge < -0.3 is 15.2 Å². The van der Waals surface area contributed by atoms with Crippen molar-refractivity contribution in [3.8, 4) is 0 Å². The predicted molar refractivity (Wildman–Crippen MR) is 76.7 cm³/mol. The van der Waals surface area contributed by atoms with Gasteiger partial charge in [0.05, 0.1) is 0 Å². The van der Waals surface area contributed by atoms with Gasteiger partial charge in [0, 0.05) is 6.04 Å². The molecule has 1 heterocycles. The van der Waals surface area contributed by atoms with E-state index in [0.29, 0.717) is 18.8 Å². The molecule has 3 fully saturated rings. The van der Waals surface area contributed by atoms with Crippen LogP contribution in [0.4, 0.5) is 0 Å². The fourth-order valence-corrected chi connectivity index (χ4v) is 4.70. The van der Waals surface area contributed by atoms with E-state index in [9.17, 15) is 9.59 Å². The van der Waals surface area contributed by atoms with Crippen molar-refractivity contribution in [2.24, 2.45) is 16.7 Å². The summed E-state index contributed by atoms with van der Waals surface area (Å²) >= 11 is 0. The maximum absolute atomic E-state index is 12.4. The van der Waals surface area contributed by atoms with Crippen LogP contribution in [0, 0.1) is 16.7 Å². The smallest absolute Gasteiger partial charge is 0.332 e. The Balaban J connectivity index is 1.64. The highest BCUT2D eigenvalue weighted by atomic mass is 16.5. The van der Waals surface area contributed by atoms with Gasteiger partial charge in [-0.2, -0.15) is 0 Å². The van der Waals surface area contributed by atoms with Gasteiger partial charge in [-0.1, -0.05) is 20.8 Å². The summed E-state index contributed by atoms with van der Waals surface area (Å²) in [6.07, 6.45) is 2.92. The molecule has 0 aromatic heterocycles. The van der Waals surface area contributed by atoms with Crippen LogP contribution < -0.4 is 5.32 Å². The van der Waals surface area contributed by atoms with Crippen LogP contribution in [0.25, 0.3) is 0 Å². The summed E-state index contributed by atoms with van der Waals surface area (Å²) in [5.41, 5.74) is 0.392. The van der Waals surface area contributed by atoms with E-state index >= 15 is 0 Å². The first kappa shape index (κ1) is 14.8. The number of hydrogen-bond acceptors (Lipinski definition) is 3. The Morgan fingerprint density at radius 2 is 1.81 bits per heavy atom. The molecule has 1 amide bonds. The third-order valence-corrected chi connectivity index (χ3v) is 6.70. The van der Waals surface area contributed by atoms with Gasteiger partial charge in [0.2, 0.25) is 5.91 Å². The molecule has 5 atom stereocenters. The lowest BCUT2D eigenvalue weighted by atomic mass is 9.69. The number of aliphatic carboxylic acids is 1. The van der Waals surface area contributed by atoms with E-state index in [-0.39, 0.29) is 22.8 Å². The van der Waals surface area contributed by atoms with Crippen molar-refractivity contribution < 1.29 is 19.4 Å². The Morgan fingerprint density at radius 3 is 2.29 bits per heavy atom. The minimum Gasteiger partial charge on any atom is -0.479 e. The van der Waals surface area contributed by atoms with Crippen molar-refractivity contribution in [1.29, 1.82) is 0 Å². The molecule has 0 aromatic carbocycles. The number of amides is 1. The molecule has 5 nitrogen and oxygen atoms in total. The molecule has 2 N–H and O–H groups in total. The number of carboxylic acid groups (broad SMARTS) is 1. The van der Waals surface area contributed by atoms with Gasteiger partial charge in [-0.25, -0.2) is 4.79 Å². The molecule has 2 bridgehead atoms. The minimum atomic E-state index is -0.974. The molecular weight excluding hydrogens is 270 g/mol. The van der Waals surface area contributed by atoms with Gasteiger partial charge >= 0.3 is 5.97 Å². The highest BCUT2D eigenvalue weighted by Crippen LogP contribution is 2.65. The molecule has 0 aromatic rings. The van der Waals surface area contributed by atoms with Crippen molar-refractivity contribution in [3.63, 3.8) is 0 Å². The molecule has 2 aliphatic carbocycles. The number of rotatable bonds is 3. The summed E-state index contributed by atoms with van der Waals surface area (Å²) in [7, 11) is 0. The third-order valence-electron chi connectivity index (χ3n) is 6.70. The van der Waals surface area contributed by atoms with Crippen molar-refractivity contribution in [2.45, 2.75) is 71.1 Å². The molecule has 1 aliphatic heterocycles. The first-order chi connectivity index (χ1) is 9.75. The van der Waals surface area contributed by atoms with E-state index in [4.69, 9.17) is 9.84 Å². The molecule has 118 valence electrons. The normalized spacial score (nSPS) is 44.0. The zero-order valence-electron chi connectivity index (χ0n) is 13.0. The van der Waals surface area contributed by atoms with Crippen LogP contribution in [0.15, 0.2) is 0 Å². The first-order valence-electron chi connectivity index (χ1n) is 7.94. The Hall–Kier alpha value is -1.10. The predicted octanol–water partition coefficient (Wildman–Crippen LogP) is 1.95. The highest BCUT2D eigenvalue weighted by molar-refractivity contribution is 5.83. The topological polar surface area (TPSA) is 75.6 Å². The van der Waals surface area contributed by atoms with Gasteiger partial charge in [-0.15, -0.1) is 0 Å². The first-order valence-corrected chi connectivity index (χ1v) is 7.94. The average molecular weight is 295 g/mol. The minimum absolute atomic E-state index is 0.131. The Labute approximate surface area is 125 Å². The van der Waals surface area contributed by atoms with E-state index in [1.165, 1.54) is 6.42 Å². The van der Waals surface area contributed by atoms with Crippen molar-refractivity contribution >= 4 is 11.9 Å². The molecule has 3 rings (SSSR count). The molecule has 5 heteroatoms. The number of carbonyl (C=O) groups is 2.